The summed E-state index contributed by atoms with van der Waals surface area (Å²) in [6, 6.07) is 0. The van der Waals surface area contributed by atoms with Crippen LogP contribution in [0.2, 0.25) is 0 Å². The van der Waals surface area contributed by atoms with Crippen LogP contribution in [0.25, 0.3) is 0 Å². The number of halogens is 1. The maximum atomic E-state index is 4.04. The molecule has 0 atom stereocenters. The smallest absolute Gasteiger partial charge is 0.206 e. The fourth-order valence-electron chi connectivity index (χ4n) is 1.99. The van der Waals surface area contributed by atoms with Gasteiger partial charge in [0.2, 0.25) is 5.13 Å². The Labute approximate surface area is 107 Å². The maximum Gasteiger partial charge on any atom is 0.206 e. The predicted molar refractivity (Wildman–Crippen MR) is 70.8 cm³/mol. The van der Waals surface area contributed by atoms with Crippen LogP contribution in [0, 0.1) is 0 Å². The van der Waals surface area contributed by atoms with Crippen molar-refractivity contribution >= 4 is 44.2 Å². The van der Waals surface area contributed by atoms with Crippen molar-refractivity contribution in [2.24, 2.45) is 0 Å². The highest BCUT2D eigenvalue weighted by Gasteiger charge is 2.32. The first-order valence-electron chi connectivity index (χ1n) is 5.02. The second kappa shape index (κ2) is 5.01. The third-order valence-corrected chi connectivity index (χ3v) is 5.64. The topological polar surface area (TPSA) is 37.8 Å². The molecule has 15 heavy (non-hydrogen) atoms. The first kappa shape index (κ1) is 11.7. The normalized spacial score (nSPS) is 19.3. The van der Waals surface area contributed by atoms with Gasteiger partial charge in [-0.05, 0) is 35.0 Å². The van der Waals surface area contributed by atoms with E-state index in [1.165, 1.54) is 25.7 Å². The van der Waals surface area contributed by atoms with Gasteiger partial charge in [-0.3, -0.25) is 0 Å². The lowest BCUT2D eigenvalue weighted by Gasteiger charge is -2.26. The molecule has 1 heterocycles. The van der Waals surface area contributed by atoms with E-state index < -0.39 is 0 Å². The van der Waals surface area contributed by atoms with Crippen molar-refractivity contribution in [3.05, 3.63) is 3.92 Å². The molecule has 84 valence electrons. The van der Waals surface area contributed by atoms with Gasteiger partial charge in [0.15, 0.2) is 3.92 Å². The van der Waals surface area contributed by atoms with Crippen LogP contribution < -0.4 is 5.32 Å². The van der Waals surface area contributed by atoms with E-state index in [4.69, 9.17) is 0 Å². The zero-order valence-corrected chi connectivity index (χ0v) is 11.8. The van der Waals surface area contributed by atoms with Crippen LogP contribution in [0.1, 0.15) is 25.7 Å². The predicted octanol–water partition coefficient (Wildman–Crippen LogP) is 3.39. The Bertz CT molecular complexity index is 323. The van der Waals surface area contributed by atoms with Gasteiger partial charge in [0.05, 0.1) is 0 Å². The monoisotopic (exact) mass is 307 g/mol. The highest BCUT2D eigenvalue weighted by Crippen LogP contribution is 2.40. The van der Waals surface area contributed by atoms with Crippen LogP contribution >= 0.6 is 39.0 Å². The Balaban J connectivity index is 1.91. The van der Waals surface area contributed by atoms with Crippen molar-refractivity contribution in [3.8, 4) is 0 Å². The molecule has 6 heteroatoms. The van der Waals surface area contributed by atoms with Gasteiger partial charge in [-0.15, -0.1) is 10.2 Å². The van der Waals surface area contributed by atoms with Crippen LogP contribution in [-0.4, -0.2) is 27.7 Å². The standard InChI is InChI=1S/C9H14BrN3S2/c1-14-9(4-2-3-5-9)6-11-8-13-12-7(10)15-8/h2-6H2,1H3,(H,11,13). The van der Waals surface area contributed by atoms with Crippen molar-refractivity contribution in [2.75, 3.05) is 18.1 Å². The zero-order chi connectivity index (χ0) is 10.7. The average Bonchev–Trinajstić information content (AvgIpc) is 2.85. The Hall–Kier alpha value is 0.190. The quantitative estimate of drug-likeness (QED) is 0.925. The van der Waals surface area contributed by atoms with Crippen molar-refractivity contribution in [3.63, 3.8) is 0 Å². The minimum atomic E-state index is 0.429. The van der Waals surface area contributed by atoms with Crippen LogP contribution in [0.4, 0.5) is 5.13 Å². The number of rotatable bonds is 4. The first-order valence-corrected chi connectivity index (χ1v) is 7.86. The summed E-state index contributed by atoms with van der Waals surface area (Å²) in [5.74, 6) is 0. The van der Waals surface area contributed by atoms with Crippen molar-refractivity contribution < 1.29 is 0 Å². The van der Waals surface area contributed by atoms with E-state index >= 15 is 0 Å². The minimum absolute atomic E-state index is 0.429. The summed E-state index contributed by atoms with van der Waals surface area (Å²) < 4.78 is 1.27. The molecule has 0 amide bonds. The molecule has 2 rings (SSSR count). The molecular formula is C9H14BrN3S2. The summed E-state index contributed by atoms with van der Waals surface area (Å²) in [5.41, 5.74) is 0. The summed E-state index contributed by atoms with van der Waals surface area (Å²) in [5, 5.41) is 12.3. The summed E-state index contributed by atoms with van der Waals surface area (Å²) >= 11 is 6.86. The summed E-state index contributed by atoms with van der Waals surface area (Å²) in [6.07, 6.45) is 7.58. The van der Waals surface area contributed by atoms with Crippen LogP contribution in [0.5, 0.6) is 0 Å². The van der Waals surface area contributed by atoms with E-state index in [0.29, 0.717) is 4.75 Å². The zero-order valence-electron chi connectivity index (χ0n) is 8.62. The molecule has 0 unspecified atom stereocenters. The van der Waals surface area contributed by atoms with Crippen molar-refractivity contribution in [2.45, 2.75) is 30.4 Å². The second-order valence-electron chi connectivity index (χ2n) is 3.81. The Morgan fingerprint density at radius 2 is 2.20 bits per heavy atom. The minimum Gasteiger partial charge on any atom is -0.359 e. The first-order chi connectivity index (χ1) is 7.24. The third-order valence-electron chi connectivity index (χ3n) is 2.91. The van der Waals surface area contributed by atoms with Crippen LogP contribution in [-0.2, 0) is 0 Å². The van der Waals surface area contributed by atoms with Gasteiger partial charge in [-0.1, -0.05) is 24.2 Å². The van der Waals surface area contributed by atoms with Gasteiger partial charge in [0.25, 0.3) is 0 Å². The van der Waals surface area contributed by atoms with E-state index in [1.807, 2.05) is 11.8 Å². The molecule has 0 saturated heterocycles. The van der Waals surface area contributed by atoms with Crippen LogP contribution in [0.3, 0.4) is 0 Å². The molecule has 0 aliphatic heterocycles. The van der Waals surface area contributed by atoms with E-state index in [-0.39, 0.29) is 0 Å². The Kier molecular flexibility index (Phi) is 3.90. The van der Waals surface area contributed by atoms with E-state index in [2.05, 4.69) is 37.7 Å². The highest BCUT2D eigenvalue weighted by molar-refractivity contribution is 9.11. The molecule has 1 aromatic rings. The van der Waals surface area contributed by atoms with E-state index in [1.54, 1.807) is 11.3 Å². The summed E-state index contributed by atoms with van der Waals surface area (Å²) in [6.45, 7) is 1.01. The van der Waals surface area contributed by atoms with Gasteiger partial charge in [0, 0.05) is 11.3 Å². The molecule has 0 aromatic carbocycles. The molecule has 1 aromatic heterocycles. The molecular weight excluding hydrogens is 294 g/mol. The molecule has 0 bridgehead atoms. The van der Waals surface area contributed by atoms with Gasteiger partial charge in [0.1, 0.15) is 0 Å². The van der Waals surface area contributed by atoms with E-state index in [0.717, 1.165) is 15.6 Å². The molecule has 0 radical (unpaired) electrons. The van der Waals surface area contributed by atoms with Gasteiger partial charge in [-0.2, -0.15) is 11.8 Å². The lowest BCUT2D eigenvalue weighted by Crippen LogP contribution is -2.29. The van der Waals surface area contributed by atoms with E-state index in [9.17, 15) is 0 Å². The number of thioether (sulfide) groups is 1. The number of aromatic nitrogens is 2. The van der Waals surface area contributed by atoms with Gasteiger partial charge in [-0.25, -0.2) is 0 Å². The molecule has 1 N–H and O–H groups in total. The summed E-state index contributed by atoms with van der Waals surface area (Å²) in [4.78, 5) is 0. The lowest BCUT2D eigenvalue weighted by molar-refractivity contribution is 0.639. The number of nitrogens with zero attached hydrogens (tertiary/aromatic N) is 2. The van der Waals surface area contributed by atoms with Crippen molar-refractivity contribution in [1.29, 1.82) is 0 Å². The molecule has 3 nitrogen and oxygen atoms in total. The fourth-order valence-corrected chi connectivity index (χ4v) is 3.91. The lowest BCUT2D eigenvalue weighted by atomic mass is 10.1. The van der Waals surface area contributed by atoms with Gasteiger partial charge < -0.3 is 5.32 Å². The maximum absolute atomic E-state index is 4.04. The second-order valence-corrected chi connectivity index (χ2v) is 7.34. The highest BCUT2D eigenvalue weighted by atomic mass is 79.9. The van der Waals surface area contributed by atoms with Crippen LogP contribution in [0.15, 0.2) is 3.92 Å². The molecule has 0 spiro atoms. The largest absolute Gasteiger partial charge is 0.359 e. The Morgan fingerprint density at radius 1 is 1.47 bits per heavy atom. The molecule has 1 fully saturated rings. The molecule has 1 aliphatic rings. The number of anilines is 1. The number of hydrogen-bond acceptors (Lipinski definition) is 5. The number of nitrogens with one attached hydrogen (secondary N) is 1. The average molecular weight is 308 g/mol. The number of hydrogen-bond donors (Lipinski definition) is 1. The summed E-state index contributed by atoms with van der Waals surface area (Å²) in [7, 11) is 0. The third kappa shape index (κ3) is 2.85. The van der Waals surface area contributed by atoms with Gasteiger partial charge >= 0.3 is 0 Å². The molecule has 1 aliphatic carbocycles. The fraction of sp³-hybridized carbons (Fsp3) is 0.778. The molecule has 1 saturated carbocycles. The Morgan fingerprint density at radius 3 is 2.73 bits per heavy atom. The SMILES string of the molecule is CSC1(CNc2nnc(Br)s2)CCCC1. The van der Waals surface area contributed by atoms with Crippen molar-refractivity contribution in [1.82, 2.24) is 10.2 Å².